The van der Waals surface area contributed by atoms with Crippen molar-refractivity contribution >= 4 is 29.2 Å². The highest BCUT2D eigenvalue weighted by atomic mass is 35.5. The molecule has 0 saturated heterocycles. The Hall–Kier alpha value is -2.84. The monoisotopic (exact) mass is 356 g/mol. The second kappa shape index (κ2) is 8.86. The number of nitrogens with one attached hydrogen (secondary N) is 1. The molecule has 0 radical (unpaired) electrons. The molecule has 1 amide bonds. The standard InChI is InChI=1S/C19H17ClN2O3/c1-13(14-5-3-2-4-6-14)9-19(24)25-12-18(23)22-16-8-7-15(11-21)17(20)10-16/h2-8,10,13H,9,12H2,1H3,(H,22,23)/t13-/m1/s1. The topological polar surface area (TPSA) is 79.2 Å². The van der Waals surface area contributed by atoms with Crippen LogP contribution in [0, 0.1) is 11.3 Å². The molecule has 6 heteroatoms. The van der Waals surface area contributed by atoms with E-state index in [9.17, 15) is 9.59 Å². The Kier molecular flexibility index (Phi) is 6.55. The van der Waals surface area contributed by atoms with Crippen LogP contribution >= 0.6 is 11.6 Å². The second-order valence-electron chi connectivity index (χ2n) is 5.53. The van der Waals surface area contributed by atoms with E-state index in [1.54, 1.807) is 6.07 Å². The van der Waals surface area contributed by atoms with Crippen LogP contribution in [0.1, 0.15) is 30.4 Å². The number of carbonyl (C=O) groups excluding carboxylic acids is 2. The van der Waals surface area contributed by atoms with Gasteiger partial charge in [0.25, 0.3) is 5.91 Å². The Balaban J connectivity index is 1.80. The van der Waals surface area contributed by atoms with Crippen LogP contribution in [-0.2, 0) is 14.3 Å². The van der Waals surface area contributed by atoms with E-state index in [0.29, 0.717) is 11.3 Å². The first-order valence-electron chi connectivity index (χ1n) is 7.69. The van der Waals surface area contributed by atoms with E-state index in [0.717, 1.165) is 5.56 Å². The van der Waals surface area contributed by atoms with Crippen LogP contribution < -0.4 is 5.32 Å². The number of ether oxygens (including phenoxy) is 1. The Bertz CT molecular complexity index is 800. The molecule has 1 N–H and O–H groups in total. The summed E-state index contributed by atoms with van der Waals surface area (Å²) in [4.78, 5) is 23.7. The third kappa shape index (κ3) is 5.63. The molecule has 2 aromatic rings. The Morgan fingerprint density at radius 1 is 1.24 bits per heavy atom. The van der Waals surface area contributed by atoms with E-state index in [4.69, 9.17) is 21.6 Å². The lowest BCUT2D eigenvalue weighted by atomic mass is 9.98. The van der Waals surface area contributed by atoms with Crippen LogP contribution in [0.5, 0.6) is 0 Å². The van der Waals surface area contributed by atoms with Gasteiger partial charge >= 0.3 is 5.97 Å². The molecule has 0 fully saturated rings. The summed E-state index contributed by atoms with van der Waals surface area (Å²) in [5.74, 6) is -0.903. The zero-order valence-corrected chi connectivity index (χ0v) is 14.4. The molecule has 0 aromatic heterocycles. The van der Waals surface area contributed by atoms with Crippen molar-refractivity contribution in [3.8, 4) is 6.07 Å². The van der Waals surface area contributed by atoms with Gasteiger partial charge in [0.05, 0.1) is 17.0 Å². The number of benzene rings is 2. The summed E-state index contributed by atoms with van der Waals surface area (Å²) in [5.41, 5.74) is 1.79. The molecule has 0 unspecified atom stereocenters. The molecule has 0 bridgehead atoms. The number of nitriles is 1. The maximum absolute atomic E-state index is 11.9. The highest BCUT2D eigenvalue weighted by Gasteiger charge is 2.14. The largest absolute Gasteiger partial charge is 0.456 e. The van der Waals surface area contributed by atoms with Gasteiger partial charge in [0.2, 0.25) is 0 Å². The van der Waals surface area contributed by atoms with Crippen LogP contribution in [0.15, 0.2) is 48.5 Å². The Morgan fingerprint density at radius 3 is 2.60 bits per heavy atom. The minimum Gasteiger partial charge on any atom is -0.456 e. The van der Waals surface area contributed by atoms with Crippen molar-refractivity contribution in [3.05, 3.63) is 64.7 Å². The van der Waals surface area contributed by atoms with E-state index in [1.165, 1.54) is 12.1 Å². The molecule has 25 heavy (non-hydrogen) atoms. The third-order valence-electron chi connectivity index (χ3n) is 3.58. The lowest BCUT2D eigenvalue weighted by Gasteiger charge is -2.11. The van der Waals surface area contributed by atoms with Crippen molar-refractivity contribution in [1.82, 2.24) is 0 Å². The first-order valence-corrected chi connectivity index (χ1v) is 8.07. The van der Waals surface area contributed by atoms with Gasteiger partial charge in [-0.3, -0.25) is 9.59 Å². The van der Waals surface area contributed by atoms with Crippen LogP contribution in [0.2, 0.25) is 5.02 Å². The normalized spacial score (nSPS) is 11.2. The Labute approximate surface area is 151 Å². The summed E-state index contributed by atoms with van der Waals surface area (Å²) in [6.07, 6.45) is 0.194. The fraction of sp³-hybridized carbons (Fsp3) is 0.211. The lowest BCUT2D eigenvalue weighted by molar-refractivity contribution is -0.147. The molecule has 2 aromatic carbocycles. The average Bonchev–Trinajstić information content (AvgIpc) is 2.61. The highest BCUT2D eigenvalue weighted by molar-refractivity contribution is 6.32. The summed E-state index contributed by atoms with van der Waals surface area (Å²) < 4.78 is 5.01. The van der Waals surface area contributed by atoms with Gasteiger partial charge in [0.1, 0.15) is 6.07 Å². The number of rotatable bonds is 6. The zero-order valence-electron chi connectivity index (χ0n) is 13.7. The number of esters is 1. The minimum atomic E-state index is -0.471. The first-order chi connectivity index (χ1) is 12.0. The van der Waals surface area contributed by atoms with Crippen LogP contribution in [0.3, 0.4) is 0 Å². The van der Waals surface area contributed by atoms with E-state index < -0.39 is 11.9 Å². The van der Waals surface area contributed by atoms with Crippen LogP contribution in [-0.4, -0.2) is 18.5 Å². The van der Waals surface area contributed by atoms with Crippen molar-refractivity contribution in [2.75, 3.05) is 11.9 Å². The van der Waals surface area contributed by atoms with Crippen molar-refractivity contribution in [2.45, 2.75) is 19.3 Å². The van der Waals surface area contributed by atoms with Crippen molar-refractivity contribution in [1.29, 1.82) is 5.26 Å². The maximum atomic E-state index is 11.9. The number of anilines is 1. The molecule has 0 heterocycles. The number of halogens is 1. The molecule has 0 aliphatic carbocycles. The van der Waals surface area contributed by atoms with E-state index >= 15 is 0 Å². The predicted octanol–water partition coefficient (Wildman–Crippen LogP) is 3.89. The smallest absolute Gasteiger partial charge is 0.306 e. The molecule has 0 aliphatic heterocycles. The molecule has 2 rings (SSSR count). The molecular formula is C19H17ClN2O3. The summed E-state index contributed by atoms with van der Waals surface area (Å²) in [5, 5.41) is 11.6. The van der Waals surface area contributed by atoms with Gasteiger partial charge < -0.3 is 10.1 Å². The van der Waals surface area contributed by atoms with E-state index in [2.05, 4.69) is 5.32 Å². The van der Waals surface area contributed by atoms with Crippen LogP contribution in [0.25, 0.3) is 0 Å². The number of hydrogen-bond donors (Lipinski definition) is 1. The summed E-state index contributed by atoms with van der Waals surface area (Å²) in [7, 11) is 0. The summed E-state index contributed by atoms with van der Waals surface area (Å²) in [6, 6.07) is 16.1. The third-order valence-corrected chi connectivity index (χ3v) is 3.89. The molecular weight excluding hydrogens is 340 g/mol. The predicted molar refractivity (Wildman–Crippen MR) is 95.2 cm³/mol. The van der Waals surface area contributed by atoms with Gasteiger partial charge in [0.15, 0.2) is 6.61 Å². The van der Waals surface area contributed by atoms with Gasteiger partial charge in [0, 0.05) is 5.69 Å². The van der Waals surface area contributed by atoms with Crippen molar-refractivity contribution < 1.29 is 14.3 Å². The molecule has 5 nitrogen and oxygen atoms in total. The van der Waals surface area contributed by atoms with Crippen molar-refractivity contribution in [3.63, 3.8) is 0 Å². The summed E-state index contributed by atoms with van der Waals surface area (Å²) in [6.45, 7) is 1.55. The highest BCUT2D eigenvalue weighted by Crippen LogP contribution is 2.20. The molecule has 0 aliphatic rings. The van der Waals surface area contributed by atoms with Gasteiger partial charge in [-0.2, -0.15) is 5.26 Å². The van der Waals surface area contributed by atoms with Gasteiger partial charge in [-0.05, 0) is 29.7 Å². The van der Waals surface area contributed by atoms with Gasteiger partial charge in [-0.25, -0.2) is 0 Å². The number of carbonyl (C=O) groups is 2. The van der Waals surface area contributed by atoms with Crippen molar-refractivity contribution in [2.24, 2.45) is 0 Å². The number of hydrogen-bond acceptors (Lipinski definition) is 4. The van der Waals surface area contributed by atoms with E-state index in [1.807, 2.05) is 43.3 Å². The fourth-order valence-electron chi connectivity index (χ4n) is 2.23. The van der Waals surface area contributed by atoms with E-state index in [-0.39, 0.29) is 24.0 Å². The summed E-state index contributed by atoms with van der Waals surface area (Å²) >= 11 is 5.90. The Morgan fingerprint density at radius 2 is 1.96 bits per heavy atom. The van der Waals surface area contributed by atoms with Gasteiger partial charge in [-0.15, -0.1) is 0 Å². The van der Waals surface area contributed by atoms with Crippen LogP contribution in [0.4, 0.5) is 5.69 Å². The lowest BCUT2D eigenvalue weighted by Crippen LogP contribution is -2.21. The number of nitrogens with zero attached hydrogens (tertiary/aromatic N) is 1. The van der Waals surface area contributed by atoms with Gasteiger partial charge in [-0.1, -0.05) is 48.9 Å². The molecule has 128 valence electrons. The second-order valence-corrected chi connectivity index (χ2v) is 5.94. The molecule has 0 spiro atoms. The SMILES string of the molecule is C[C@H](CC(=O)OCC(=O)Nc1ccc(C#N)c(Cl)c1)c1ccccc1. The first kappa shape index (κ1) is 18.5. The fourth-order valence-corrected chi connectivity index (χ4v) is 2.46. The molecule has 1 atom stereocenters. The minimum absolute atomic E-state index is 0.00842. The molecule has 0 saturated carbocycles. The quantitative estimate of drug-likeness (QED) is 0.796. The maximum Gasteiger partial charge on any atom is 0.306 e. The number of amides is 1. The average molecular weight is 357 g/mol. The zero-order chi connectivity index (χ0) is 18.2.